The number of H-pyrrole nitrogens is 1. The Hall–Kier alpha value is -2.52. The molecule has 3 nitrogen and oxygen atoms in total. The van der Waals surface area contributed by atoms with E-state index in [1.54, 1.807) is 24.3 Å². The molecule has 1 aromatic heterocycles. The summed E-state index contributed by atoms with van der Waals surface area (Å²) in [5, 5.41) is 9.13. The van der Waals surface area contributed by atoms with Gasteiger partial charge in [0.2, 0.25) is 0 Å². The van der Waals surface area contributed by atoms with Crippen LogP contribution in [-0.4, -0.2) is 9.55 Å². The van der Waals surface area contributed by atoms with E-state index in [2.05, 4.69) is 4.98 Å². The Labute approximate surface area is 117 Å². The van der Waals surface area contributed by atoms with Crippen LogP contribution in [0.25, 0.3) is 16.7 Å². The van der Waals surface area contributed by atoms with Crippen LogP contribution in [-0.2, 0) is 0 Å². The first-order valence-corrected chi connectivity index (χ1v) is 6.12. The molecule has 0 aliphatic heterocycles. The standard InChI is InChI=1S/C14H7F2N3S/c15-9-5-6-10-13(12(9)16)19(14(20)18-10)11-4-2-1-3-8(11)7-17/h1-6H,(H,18,20). The number of para-hydroxylation sites is 1. The normalized spacial score (nSPS) is 10.7. The van der Waals surface area contributed by atoms with E-state index in [-0.39, 0.29) is 10.3 Å². The van der Waals surface area contributed by atoms with E-state index in [1.807, 2.05) is 6.07 Å². The average molecular weight is 287 g/mol. The van der Waals surface area contributed by atoms with Crippen molar-refractivity contribution in [2.45, 2.75) is 0 Å². The van der Waals surface area contributed by atoms with Crippen molar-refractivity contribution in [3.63, 3.8) is 0 Å². The maximum Gasteiger partial charge on any atom is 0.184 e. The monoisotopic (exact) mass is 287 g/mol. The zero-order valence-corrected chi connectivity index (χ0v) is 10.8. The van der Waals surface area contributed by atoms with Crippen molar-refractivity contribution in [1.82, 2.24) is 9.55 Å². The summed E-state index contributed by atoms with van der Waals surface area (Å²) in [5.74, 6) is -1.96. The molecule has 0 saturated carbocycles. The lowest BCUT2D eigenvalue weighted by molar-refractivity contribution is 0.514. The molecule has 0 fully saturated rings. The Morgan fingerprint density at radius 1 is 1.15 bits per heavy atom. The zero-order valence-electron chi connectivity index (χ0n) is 10.0. The third-order valence-corrected chi connectivity index (χ3v) is 3.29. The van der Waals surface area contributed by atoms with Gasteiger partial charge in [-0.1, -0.05) is 12.1 Å². The van der Waals surface area contributed by atoms with Gasteiger partial charge in [-0.15, -0.1) is 0 Å². The largest absolute Gasteiger partial charge is 0.330 e. The third kappa shape index (κ3) is 1.72. The van der Waals surface area contributed by atoms with Crippen LogP contribution in [0.5, 0.6) is 0 Å². The van der Waals surface area contributed by atoms with Crippen LogP contribution < -0.4 is 0 Å². The molecule has 0 aliphatic rings. The van der Waals surface area contributed by atoms with Gasteiger partial charge in [-0.3, -0.25) is 4.57 Å². The first kappa shape index (κ1) is 12.5. The molecular formula is C14H7F2N3S. The molecule has 0 atom stereocenters. The predicted octanol–water partition coefficient (Wildman–Crippen LogP) is 3.84. The van der Waals surface area contributed by atoms with Crippen LogP contribution in [0.1, 0.15) is 5.56 Å². The first-order chi connectivity index (χ1) is 9.63. The lowest BCUT2D eigenvalue weighted by Crippen LogP contribution is -1.99. The average Bonchev–Trinajstić information content (AvgIpc) is 2.80. The number of imidazole rings is 1. The number of nitriles is 1. The number of nitrogens with zero attached hydrogens (tertiary/aromatic N) is 2. The van der Waals surface area contributed by atoms with Gasteiger partial charge in [0.1, 0.15) is 11.6 Å². The van der Waals surface area contributed by atoms with Crippen molar-refractivity contribution in [1.29, 1.82) is 5.26 Å². The maximum atomic E-state index is 14.0. The van der Waals surface area contributed by atoms with Gasteiger partial charge in [0.15, 0.2) is 16.4 Å². The fourth-order valence-electron chi connectivity index (χ4n) is 2.13. The summed E-state index contributed by atoms with van der Waals surface area (Å²) in [7, 11) is 0. The summed E-state index contributed by atoms with van der Waals surface area (Å²) in [4.78, 5) is 2.81. The molecule has 98 valence electrons. The Morgan fingerprint density at radius 3 is 2.65 bits per heavy atom. The Balaban J connectivity index is 2.49. The molecule has 3 aromatic rings. The Morgan fingerprint density at radius 2 is 1.90 bits per heavy atom. The molecule has 0 unspecified atom stereocenters. The highest BCUT2D eigenvalue weighted by Gasteiger charge is 2.16. The summed E-state index contributed by atoms with van der Waals surface area (Å²) in [5.41, 5.74) is 1.11. The van der Waals surface area contributed by atoms with E-state index in [4.69, 9.17) is 17.5 Å². The van der Waals surface area contributed by atoms with Crippen LogP contribution in [0, 0.1) is 27.7 Å². The molecule has 0 radical (unpaired) electrons. The van der Waals surface area contributed by atoms with E-state index in [0.29, 0.717) is 16.8 Å². The molecule has 1 N–H and O–H groups in total. The number of rotatable bonds is 1. The molecule has 0 amide bonds. The maximum absolute atomic E-state index is 14.0. The van der Waals surface area contributed by atoms with E-state index in [9.17, 15) is 8.78 Å². The molecule has 3 rings (SSSR count). The summed E-state index contributed by atoms with van der Waals surface area (Å²) in [6.45, 7) is 0. The molecule has 0 saturated heterocycles. The Kier molecular flexibility index (Phi) is 2.84. The van der Waals surface area contributed by atoms with Gasteiger partial charge in [-0.2, -0.15) is 5.26 Å². The van der Waals surface area contributed by atoms with Gasteiger partial charge < -0.3 is 4.98 Å². The molecule has 0 aliphatic carbocycles. The number of aromatic nitrogens is 2. The number of halogens is 2. The van der Waals surface area contributed by atoms with Crippen molar-refractivity contribution >= 4 is 23.3 Å². The van der Waals surface area contributed by atoms with Crippen LogP contribution in [0.2, 0.25) is 0 Å². The third-order valence-electron chi connectivity index (χ3n) is 3.00. The summed E-state index contributed by atoms with van der Waals surface area (Å²) < 4.78 is 29.0. The second kappa shape index (κ2) is 4.54. The quantitative estimate of drug-likeness (QED) is 0.691. The highest BCUT2D eigenvalue weighted by atomic mass is 32.1. The first-order valence-electron chi connectivity index (χ1n) is 5.71. The van der Waals surface area contributed by atoms with Crippen molar-refractivity contribution in [3.05, 3.63) is 58.4 Å². The lowest BCUT2D eigenvalue weighted by Gasteiger charge is -2.07. The highest BCUT2D eigenvalue weighted by molar-refractivity contribution is 7.71. The van der Waals surface area contributed by atoms with E-state index in [0.717, 1.165) is 6.07 Å². The lowest BCUT2D eigenvalue weighted by atomic mass is 10.2. The SMILES string of the molecule is N#Cc1ccccc1-n1c(=S)[nH]c2ccc(F)c(F)c21. The van der Waals surface area contributed by atoms with Crippen molar-refractivity contribution < 1.29 is 8.78 Å². The van der Waals surface area contributed by atoms with Gasteiger partial charge in [0.25, 0.3) is 0 Å². The minimum atomic E-state index is -0.998. The fraction of sp³-hybridized carbons (Fsp3) is 0. The van der Waals surface area contributed by atoms with Crippen LogP contribution in [0.3, 0.4) is 0 Å². The predicted molar refractivity (Wildman–Crippen MR) is 73.1 cm³/mol. The van der Waals surface area contributed by atoms with Gasteiger partial charge in [-0.25, -0.2) is 8.78 Å². The van der Waals surface area contributed by atoms with Crippen LogP contribution in [0.15, 0.2) is 36.4 Å². The Bertz CT molecular complexity index is 918. The second-order valence-electron chi connectivity index (χ2n) is 4.15. The zero-order chi connectivity index (χ0) is 14.3. The second-order valence-corrected chi connectivity index (χ2v) is 4.54. The summed E-state index contributed by atoms with van der Waals surface area (Å²) >= 11 is 5.15. The number of fused-ring (bicyclic) bond motifs is 1. The molecule has 2 aromatic carbocycles. The van der Waals surface area contributed by atoms with Gasteiger partial charge in [0.05, 0.1) is 16.8 Å². The van der Waals surface area contributed by atoms with E-state index >= 15 is 0 Å². The number of hydrogen-bond acceptors (Lipinski definition) is 2. The van der Waals surface area contributed by atoms with Crippen LogP contribution >= 0.6 is 12.2 Å². The number of hydrogen-bond donors (Lipinski definition) is 1. The fourth-order valence-corrected chi connectivity index (χ4v) is 2.42. The number of nitrogens with one attached hydrogen (secondary N) is 1. The molecular weight excluding hydrogens is 280 g/mol. The smallest absolute Gasteiger partial charge is 0.184 e. The summed E-state index contributed by atoms with van der Waals surface area (Å²) in [6, 6.07) is 11.1. The number of aromatic amines is 1. The van der Waals surface area contributed by atoms with Crippen molar-refractivity contribution in [2.24, 2.45) is 0 Å². The van der Waals surface area contributed by atoms with Crippen molar-refractivity contribution in [2.75, 3.05) is 0 Å². The van der Waals surface area contributed by atoms with Crippen molar-refractivity contribution in [3.8, 4) is 11.8 Å². The molecule has 20 heavy (non-hydrogen) atoms. The number of benzene rings is 2. The van der Waals surface area contributed by atoms with E-state index in [1.165, 1.54) is 10.6 Å². The molecule has 6 heteroatoms. The minimum absolute atomic E-state index is 0.00213. The molecule has 0 spiro atoms. The van der Waals surface area contributed by atoms with Gasteiger partial charge in [0, 0.05) is 0 Å². The van der Waals surface area contributed by atoms with Gasteiger partial charge in [-0.05, 0) is 36.5 Å². The van der Waals surface area contributed by atoms with Gasteiger partial charge >= 0.3 is 0 Å². The van der Waals surface area contributed by atoms with Crippen LogP contribution in [0.4, 0.5) is 8.78 Å². The molecule has 1 heterocycles. The minimum Gasteiger partial charge on any atom is -0.330 e. The highest BCUT2D eigenvalue weighted by Crippen LogP contribution is 2.25. The topological polar surface area (TPSA) is 44.5 Å². The summed E-state index contributed by atoms with van der Waals surface area (Å²) in [6.07, 6.45) is 0. The molecule has 0 bridgehead atoms. The van der Waals surface area contributed by atoms with E-state index < -0.39 is 11.6 Å².